The van der Waals surface area contributed by atoms with E-state index < -0.39 is 0 Å². The molecule has 0 radical (unpaired) electrons. The van der Waals surface area contributed by atoms with E-state index in [2.05, 4.69) is 18.0 Å². The maximum atomic E-state index is 8.71. The molecule has 1 heterocycles. The SMILES string of the molecule is Cc1cnc(C#N)cc1C1CCC1. The van der Waals surface area contributed by atoms with Gasteiger partial charge >= 0.3 is 0 Å². The Bertz CT molecular complexity index is 359. The number of hydrogen-bond donors (Lipinski definition) is 0. The van der Waals surface area contributed by atoms with E-state index in [0.29, 0.717) is 11.6 Å². The molecule has 0 bridgehead atoms. The summed E-state index contributed by atoms with van der Waals surface area (Å²) in [5, 5.41) is 8.71. The zero-order valence-corrected chi connectivity index (χ0v) is 7.75. The molecule has 66 valence electrons. The first-order chi connectivity index (χ1) is 6.31. The molecule has 2 rings (SSSR count). The Morgan fingerprint density at radius 2 is 2.31 bits per heavy atom. The first-order valence-electron chi connectivity index (χ1n) is 4.68. The maximum absolute atomic E-state index is 8.71. The number of hydrogen-bond acceptors (Lipinski definition) is 2. The molecule has 0 atom stereocenters. The fraction of sp³-hybridized carbons (Fsp3) is 0.455. The molecular weight excluding hydrogens is 160 g/mol. The third-order valence-corrected chi connectivity index (χ3v) is 2.80. The summed E-state index contributed by atoms with van der Waals surface area (Å²) < 4.78 is 0. The van der Waals surface area contributed by atoms with Crippen LogP contribution in [0, 0.1) is 18.3 Å². The Hall–Kier alpha value is -1.36. The van der Waals surface area contributed by atoms with Crippen LogP contribution in [0.15, 0.2) is 12.3 Å². The van der Waals surface area contributed by atoms with Crippen molar-refractivity contribution in [2.45, 2.75) is 32.1 Å². The van der Waals surface area contributed by atoms with Crippen molar-refractivity contribution in [2.24, 2.45) is 0 Å². The van der Waals surface area contributed by atoms with Crippen molar-refractivity contribution in [2.75, 3.05) is 0 Å². The van der Waals surface area contributed by atoms with Crippen molar-refractivity contribution in [3.8, 4) is 6.07 Å². The zero-order chi connectivity index (χ0) is 9.26. The topological polar surface area (TPSA) is 36.7 Å². The highest BCUT2D eigenvalue weighted by Crippen LogP contribution is 2.37. The highest BCUT2D eigenvalue weighted by molar-refractivity contribution is 5.34. The second kappa shape index (κ2) is 3.18. The van der Waals surface area contributed by atoms with Gasteiger partial charge in [0, 0.05) is 6.20 Å². The zero-order valence-electron chi connectivity index (χ0n) is 7.75. The molecule has 1 saturated carbocycles. The standard InChI is InChI=1S/C11H12N2/c1-8-7-13-10(6-12)5-11(8)9-3-2-4-9/h5,7,9H,2-4H2,1H3. The minimum absolute atomic E-state index is 0.549. The lowest BCUT2D eigenvalue weighted by Gasteiger charge is -2.27. The van der Waals surface area contributed by atoms with Crippen LogP contribution in [-0.4, -0.2) is 4.98 Å². The average molecular weight is 172 g/mol. The lowest BCUT2D eigenvalue weighted by atomic mass is 9.79. The molecule has 0 amide bonds. The van der Waals surface area contributed by atoms with E-state index >= 15 is 0 Å². The van der Waals surface area contributed by atoms with E-state index in [1.807, 2.05) is 12.3 Å². The molecule has 1 aromatic heterocycles. The Kier molecular flexibility index (Phi) is 2.02. The van der Waals surface area contributed by atoms with E-state index in [0.717, 1.165) is 0 Å². The van der Waals surface area contributed by atoms with Crippen LogP contribution >= 0.6 is 0 Å². The molecule has 1 aliphatic carbocycles. The summed E-state index contributed by atoms with van der Waals surface area (Å²) in [4.78, 5) is 4.04. The molecule has 0 aromatic carbocycles. The molecule has 0 N–H and O–H groups in total. The van der Waals surface area contributed by atoms with E-state index in [9.17, 15) is 0 Å². The second-order valence-electron chi connectivity index (χ2n) is 3.67. The summed E-state index contributed by atoms with van der Waals surface area (Å²) in [5.41, 5.74) is 3.11. The molecule has 0 saturated heterocycles. The van der Waals surface area contributed by atoms with E-state index in [4.69, 9.17) is 5.26 Å². The van der Waals surface area contributed by atoms with Crippen molar-refractivity contribution in [1.82, 2.24) is 4.98 Å². The normalized spacial score (nSPS) is 16.3. The number of rotatable bonds is 1. The monoisotopic (exact) mass is 172 g/mol. The van der Waals surface area contributed by atoms with Crippen LogP contribution in [0.1, 0.15) is 42.0 Å². The number of nitriles is 1. The summed E-state index contributed by atoms with van der Waals surface area (Å²) in [6.45, 7) is 2.07. The summed E-state index contributed by atoms with van der Waals surface area (Å²) in [5.74, 6) is 0.690. The molecule has 13 heavy (non-hydrogen) atoms. The van der Waals surface area contributed by atoms with Crippen molar-refractivity contribution >= 4 is 0 Å². The Morgan fingerprint density at radius 1 is 1.54 bits per heavy atom. The lowest BCUT2D eigenvalue weighted by Crippen LogP contribution is -2.10. The van der Waals surface area contributed by atoms with Crippen molar-refractivity contribution in [3.05, 3.63) is 29.1 Å². The average Bonchev–Trinajstić information content (AvgIpc) is 2.06. The van der Waals surface area contributed by atoms with Gasteiger partial charge in [0.25, 0.3) is 0 Å². The Labute approximate surface area is 78.2 Å². The Morgan fingerprint density at radius 3 is 2.85 bits per heavy atom. The molecular formula is C11H12N2. The van der Waals surface area contributed by atoms with Crippen molar-refractivity contribution in [1.29, 1.82) is 5.26 Å². The van der Waals surface area contributed by atoms with Gasteiger partial charge in [-0.05, 0) is 42.9 Å². The minimum Gasteiger partial charge on any atom is -0.245 e. The number of pyridine rings is 1. The molecule has 2 heteroatoms. The minimum atomic E-state index is 0.549. The second-order valence-corrected chi connectivity index (χ2v) is 3.67. The van der Waals surface area contributed by atoms with Gasteiger partial charge in [0.15, 0.2) is 0 Å². The van der Waals surface area contributed by atoms with E-state index in [1.165, 1.54) is 30.4 Å². The smallest absolute Gasteiger partial charge is 0.140 e. The molecule has 1 aromatic rings. The molecule has 1 fully saturated rings. The van der Waals surface area contributed by atoms with Crippen LogP contribution in [-0.2, 0) is 0 Å². The van der Waals surface area contributed by atoms with Gasteiger partial charge < -0.3 is 0 Å². The van der Waals surface area contributed by atoms with Gasteiger partial charge in [-0.3, -0.25) is 0 Å². The number of aromatic nitrogens is 1. The van der Waals surface area contributed by atoms with Crippen LogP contribution < -0.4 is 0 Å². The van der Waals surface area contributed by atoms with Crippen LogP contribution in [0.4, 0.5) is 0 Å². The number of nitrogens with zero attached hydrogens (tertiary/aromatic N) is 2. The highest BCUT2D eigenvalue weighted by atomic mass is 14.7. The van der Waals surface area contributed by atoms with E-state index in [-0.39, 0.29) is 0 Å². The molecule has 0 aliphatic heterocycles. The van der Waals surface area contributed by atoms with Crippen LogP contribution in [0.3, 0.4) is 0 Å². The van der Waals surface area contributed by atoms with Crippen LogP contribution in [0.2, 0.25) is 0 Å². The van der Waals surface area contributed by atoms with Crippen LogP contribution in [0.5, 0.6) is 0 Å². The third kappa shape index (κ3) is 1.42. The van der Waals surface area contributed by atoms with E-state index in [1.54, 1.807) is 0 Å². The van der Waals surface area contributed by atoms with Gasteiger partial charge in [-0.1, -0.05) is 6.42 Å². The third-order valence-electron chi connectivity index (χ3n) is 2.80. The lowest BCUT2D eigenvalue weighted by molar-refractivity contribution is 0.418. The van der Waals surface area contributed by atoms with Crippen molar-refractivity contribution in [3.63, 3.8) is 0 Å². The van der Waals surface area contributed by atoms with Gasteiger partial charge in [-0.15, -0.1) is 0 Å². The summed E-state index contributed by atoms with van der Waals surface area (Å²) in [7, 11) is 0. The fourth-order valence-electron chi connectivity index (χ4n) is 1.76. The molecule has 0 spiro atoms. The predicted molar refractivity (Wildman–Crippen MR) is 50.3 cm³/mol. The highest BCUT2D eigenvalue weighted by Gasteiger charge is 2.21. The van der Waals surface area contributed by atoms with Gasteiger partial charge in [-0.2, -0.15) is 5.26 Å². The molecule has 2 nitrogen and oxygen atoms in total. The molecule has 1 aliphatic rings. The Balaban J connectivity index is 2.37. The number of aryl methyl sites for hydroxylation is 1. The first-order valence-corrected chi connectivity index (χ1v) is 4.68. The van der Waals surface area contributed by atoms with Gasteiger partial charge in [0.1, 0.15) is 11.8 Å². The summed E-state index contributed by atoms with van der Waals surface area (Å²) in [6, 6.07) is 4.03. The van der Waals surface area contributed by atoms with Crippen LogP contribution in [0.25, 0.3) is 0 Å². The summed E-state index contributed by atoms with van der Waals surface area (Å²) >= 11 is 0. The van der Waals surface area contributed by atoms with Gasteiger partial charge in [0.05, 0.1) is 0 Å². The first kappa shape index (κ1) is 8.25. The van der Waals surface area contributed by atoms with Gasteiger partial charge in [-0.25, -0.2) is 4.98 Å². The quantitative estimate of drug-likeness (QED) is 0.652. The maximum Gasteiger partial charge on any atom is 0.140 e. The summed E-state index contributed by atoms with van der Waals surface area (Å²) in [6.07, 6.45) is 5.69. The largest absolute Gasteiger partial charge is 0.245 e. The molecule has 0 unspecified atom stereocenters. The predicted octanol–water partition coefficient (Wildman–Crippen LogP) is 2.53. The fourth-order valence-corrected chi connectivity index (χ4v) is 1.76. The van der Waals surface area contributed by atoms with Crippen molar-refractivity contribution < 1.29 is 0 Å². The van der Waals surface area contributed by atoms with Gasteiger partial charge in [0.2, 0.25) is 0 Å².